The Kier molecular flexibility index (Phi) is 4.24. The summed E-state index contributed by atoms with van der Waals surface area (Å²) in [6.45, 7) is 2.30. The van der Waals surface area contributed by atoms with Gasteiger partial charge in [0.25, 0.3) is 0 Å². The van der Waals surface area contributed by atoms with Gasteiger partial charge in [0.05, 0.1) is 0 Å². The molecule has 114 valence electrons. The Morgan fingerprint density at radius 1 is 0.900 bits per heavy atom. The van der Waals surface area contributed by atoms with E-state index < -0.39 is 0 Å². The molecule has 3 aliphatic carbocycles. The average molecular weight is 276 g/mol. The summed E-state index contributed by atoms with van der Waals surface area (Å²) in [6, 6.07) is 0. The minimum absolute atomic E-state index is 0.486. The molecule has 1 nitrogen and oxygen atoms in total. The molecule has 0 aromatic rings. The fourth-order valence-electron chi connectivity index (χ4n) is 5.21. The summed E-state index contributed by atoms with van der Waals surface area (Å²) in [5.74, 6) is 1.56. The molecular weight excluding hydrogens is 244 g/mol. The van der Waals surface area contributed by atoms with Crippen molar-refractivity contribution in [3.63, 3.8) is 0 Å². The molecule has 0 radical (unpaired) electrons. The monoisotopic (exact) mass is 276 g/mol. The first kappa shape index (κ1) is 14.6. The van der Waals surface area contributed by atoms with Crippen LogP contribution in [-0.2, 0) is 4.79 Å². The Balaban J connectivity index is 1.43. The number of Topliss-reactive ketones (excluding diaryl/α,β-unsaturated/α-hetero) is 1. The van der Waals surface area contributed by atoms with E-state index >= 15 is 0 Å². The summed E-state index contributed by atoms with van der Waals surface area (Å²) in [4.78, 5) is 11.3. The minimum atomic E-state index is 0.486. The molecule has 0 saturated heterocycles. The number of carbonyl (C=O) groups is 1. The van der Waals surface area contributed by atoms with E-state index in [-0.39, 0.29) is 0 Å². The highest BCUT2D eigenvalue weighted by molar-refractivity contribution is 5.86. The first-order valence-electron chi connectivity index (χ1n) is 9.17. The van der Waals surface area contributed by atoms with Crippen molar-refractivity contribution in [2.24, 2.45) is 16.7 Å². The van der Waals surface area contributed by atoms with Gasteiger partial charge in [0, 0.05) is 12.8 Å². The van der Waals surface area contributed by atoms with Crippen molar-refractivity contribution >= 4 is 5.78 Å². The molecule has 3 fully saturated rings. The van der Waals surface area contributed by atoms with Gasteiger partial charge in [-0.25, -0.2) is 0 Å². The Morgan fingerprint density at radius 2 is 1.50 bits per heavy atom. The molecule has 0 bridgehead atoms. The van der Waals surface area contributed by atoms with E-state index in [4.69, 9.17) is 0 Å². The number of carbonyl (C=O) groups excluding carboxylic acids is 1. The maximum absolute atomic E-state index is 11.3. The third-order valence-corrected chi connectivity index (χ3v) is 6.90. The van der Waals surface area contributed by atoms with Crippen LogP contribution < -0.4 is 0 Å². The van der Waals surface area contributed by atoms with Gasteiger partial charge >= 0.3 is 0 Å². The second-order valence-corrected chi connectivity index (χ2v) is 8.33. The van der Waals surface area contributed by atoms with Gasteiger partial charge in [-0.15, -0.1) is 0 Å². The first-order chi connectivity index (χ1) is 9.65. The summed E-state index contributed by atoms with van der Waals surface area (Å²) < 4.78 is 0. The molecule has 0 aromatic carbocycles. The first-order valence-corrected chi connectivity index (χ1v) is 9.17. The van der Waals surface area contributed by atoms with E-state index in [1.807, 2.05) is 0 Å². The van der Waals surface area contributed by atoms with Gasteiger partial charge in [-0.05, 0) is 68.1 Å². The highest BCUT2D eigenvalue weighted by Crippen LogP contribution is 2.58. The second kappa shape index (κ2) is 5.81. The lowest BCUT2D eigenvalue weighted by molar-refractivity contribution is -0.137. The van der Waals surface area contributed by atoms with E-state index in [0.29, 0.717) is 16.6 Å². The largest absolute Gasteiger partial charge is 0.300 e. The van der Waals surface area contributed by atoms with Gasteiger partial charge in [-0.2, -0.15) is 0 Å². The van der Waals surface area contributed by atoms with Crippen molar-refractivity contribution in [3.8, 4) is 0 Å². The van der Waals surface area contributed by atoms with Crippen LogP contribution >= 0.6 is 0 Å². The fourth-order valence-corrected chi connectivity index (χ4v) is 5.21. The summed E-state index contributed by atoms with van der Waals surface area (Å²) >= 11 is 0. The molecule has 0 N–H and O–H groups in total. The third kappa shape index (κ3) is 2.97. The van der Waals surface area contributed by atoms with Gasteiger partial charge in [0.15, 0.2) is 0 Å². The smallest absolute Gasteiger partial charge is 0.134 e. The fraction of sp³-hybridized carbons (Fsp3) is 0.947. The number of hydrogen-bond donors (Lipinski definition) is 0. The SMILES string of the molecule is CCCCCC1CCC2(CC1)CCC1(CC2)CC(=O)C1. The standard InChI is InChI=1S/C19H32O/c1-2-3-4-5-16-6-8-18(9-7-16)10-12-19(13-11-18)14-17(20)15-19/h16H,2-15H2,1H3. The van der Waals surface area contributed by atoms with E-state index in [1.165, 1.54) is 77.0 Å². The van der Waals surface area contributed by atoms with Gasteiger partial charge in [0.2, 0.25) is 0 Å². The summed E-state index contributed by atoms with van der Waals surface area (Å²) in [6.07, 6.45) is 19.1. The Morgan fingerprint density at radius 3 is 2.05 bits per heavy atom. The molecule has 2 spiro atoms. The van der Waals surface area contributed by atoms with E-state index in [1.54, 1.807) is 0 Å². The molecule has 3 saturated carbocycles. The molecule has 0 aliphatic heterocycles. The maximum atomic E-state index is 11.3. The van der Waals surface area contributed by atoms with Crippen molar-refractivity contribution < 1.29 is 4.79 Å². The highest BCUT2D eigenvalue weighted by Gasteiger charge is 2.49. The summed E-state index contributed by atoms with van der Waals surface area (Å²) in [5.41, 5.74) is 1.19. The molecule has 0 atom stereocenters. The molecule has 1 heteroatoms. The van der Waals surface area contributed by atoms with Gasteiger partial charge in [0.1, 0.15) is 5.78 Å². The van der Waals surface area contributed by atoms with Crippen LogP contribution in [0.2, 0.25) is 0 Å². The van der Waals surface area contributed by atoms with Crippen LogP contribution in [0.15, 0.2) is 0 Å². The summed E-state index contributed by atoms with van der Waals surface area (Å²) in [7, 11) is 0. The van der Waals surface area contributed by atoms with Crippen LogP contribution in [0.3, 0.4) is 0 Å². The van der Waals surface area contributed by atoms with Crippen molar-refractivity contribution in [2.45, 2.75) is 96.8 Å². The van der Waals surface area contributed by atoms with E-state index in [0.717, 1.165) is 18.8 Å². The quantitative estimate of drug-likeness (QED) is 0.605. The van der Waals surface area contributed by atoms with Crippen LogP contribution in [0, 0.1) is 16.7 Å². The lowest BCUT2D eigenvalue weighted by Crippen LogP contribution is -2.44. The highest BCUT2D eigenvalue weighted by atomic mass is 16.1. The van der Waals surface area contributed by atoms with Gasteiger partial charge < -0.3 is 0 Å². The van der Waals surface area contributed by atoms with Crippen molar-refractivity contribution in [1.29, 1.82) is 0 Å². The zero-order valence-corrected chi connectivity index (χ0v) is 13.4. The van der Waals surface area contributed by atoms with E-state index in [2.05, 4.69) is 6.92 Å². The number of rotatable bonds is 4. The zero-order chi connectivity index (χ0) is 14.1. The topological polar surface area (TPSA) is 17.1 Å². The lowest BCUT2D eigenvalue weighted by atomic mass is 9.52. The molecular formula is C19H32O. The van der Waals surface area contributed by atoms with Crippen LogP contribution in [0.25, 0.3) is 0 Å². The molecule has 3 aliphatic rings. The number of unbranched alkanes of at least 4 members (excludes halogenated alkanes) is 2. The van der Waals surface area contributed by atoms with Crippen molar-refractivity contribution in [3.05, 3.63) is 0 Å². The molecule has 3 rings (SSSR count). The average Bonchev–Trinajstić information content (AvgIpc) is 2.43. The number of hydrogen-bond acceptors (Lipinski definition) is 1. The van der Waals surface area contributed by atoms with E-state index in [9.17, 15) is 4.79 Å². The molecule has 0 unspecified atom stereocenters. The van der Waals surface area contributed by atoms with Crippen molar-refractivity contribution in [1.82, 2.24) is 0 Å². The van der Waals surface area contributed by atoms with Gasteiger partial charge in [-0.1, -0.05) is 32.6 Å². The number of ketones is 1. The Bertz CT molecular complexity index is 329. The molecule has 0 aromatic heterocycles. The lowest BCUT2D eigenvalue weighted by Gasteiger charge is -2.52. The normalized spacial score (nSPS) is 28.8. The van der Waals surface area contributed by atoms with Crippen LogP contribution in [0.5, 0.6) is 0 Å². The summed E-state index contributed by atoms with van der Waals surface area (Å²) in [5, 5.41) is 0. The third-order valence-electron chi connectivity index (χ3n) is 6.90. The van der Waals surface area contributed by atoms with Crippen LogP contribution in [0.1, 0.15) is 96.8 Å². The van der Waals surface area contributed by atoms with Crippen LogP contribution in [-0.4, -0.2) is 5.78 Å². The van der Waals surface area contributed by atoms with Crippen molar-refractivity contribution in [2.75, 3.05) is 0 Å². The molecule has 0 amide bonds. The predicted molar refractivity (Wildman–Crippen MR) is 83.7 cm³/mol. The maximum Gasteiger partial charge on any atom is 0.134 e. The Hall–Kier alpha value is -0.330. The minimum Gasteiger partial charge on any atom is -0.300 e. The van der Waals surface area contributed by atoms with Crippen LogP contribution in [0.4, 0.5) is 0 Å². The molecule has 20 heavy (non-hydrogen) atoms. The second-order valence-electron chi connectivity index (χ2n) is 8.33. The van der Waals surface area contributed by atoms with Gasteiger partial charge in [-0.3, -0.25) is 4.79 Å². The molecule has 0 heterocycles. The zero-order valence-electron chi connectivity index (χ0n) is 13.4. The Labute approximate surface area is 124 Å². The predicted octanol–water partition coefficient (Wildman–Crippen LogP) is 5.67.